The summed E-state index contributed by atoms with van der Waals surface area (Å²) in [7, 11) is 0. The zero-order valence-electron chi connectivity index (χ0n) is 10.2. The number of nitrogens with zero attached hydrogens (tertiary/aromatic N) is 1. The van der Waals surface area contributed by atoms with Crippen molar-refractivity contribution in [2.24, 2.45) is 5.92 Å². The lowest BCUT2D eigenvalue weighted by Gasteiger charge is -2.31. The van der Waals surface area contributed by atoms with Crippen LogP contribution in [0.1, 0.15) is 11.1 Å². The van der Waals surface area contributed by atoms with E-state index in [0.29, 0.717) is 19.5 Å². The molecule has 6 heteroatoms. The van der Waals surface area contributed by atoms with Gasteiger partial charge in [0.2, 0.25) is 0 Å². The first kappa shape index (κ1) is 13.9. The highest BCUT2D eigenvalue weighted by atomic mass is 19.4. The summed E-state index contributed by atoms with van der Waals surface area (Å²) >= 11 is 0. The summed E-state index contributed by atoms with van der Waals surface area (Å²) in [4.78, 5) is 12.3. The maximum Gasteiger partial charge on any atom is 0.403 e. The Morgan fingerprint density at radius 2 is 1.95 bits per heavy atom. The zero-order chi connectivity index (χ0) is 14.0. The van der Waals surface area contributed by atoms with Crippen molar-refractivity contribution in [3.63, 3.8) is 0 Å². The molecule has 0 spiro atoms. The van der Waals surface area contributed by atoms with Gasteiger partial charge < -0.3 is 5.11 Å². The van der Waals surface area contributed by atoms with Crippen molar-refractivity contribution < 1.29 is 23.1 Å². The highest BCUT2D eigenvalue weighted by Gasteiger charge is 2.46. The molecule has 2 rings (SSSR count). The van der Waals surface area contributed by atoms with Crippen LogP contribution in [0, 0.1) is 5.92 Å². The number of carboxylic acids is 1. The lowest BCUT2D eigenvalue weighted by atomic mass is 9.98. The fraction of sp³-hybridized carbons (Fsp3) is 0.462. The van der Waals surface area contributed by atoms with E-state index in [4.69, 9.17) is 5.11 Å². The third-order valence-corrected chi connectivity index (χ3v) is 3.34. The second kappa shape index (κ2) is 5.21. The van der Waals surface area contributed by atoms with Crippen LogP contribution in [-0.2, 0) is 17.8 Å². The smallest absolute Gasteiger partial charge is 0.403 e. The molecule has 1 N–H and O–H groups in total. The van der Waals surface area contributed by atoms with Crippen molar-refractivity contribution in [2.45, 2.75) is 19.1 Å². The number of fused-ring (bicyclic) bond motifs is 1. The third kappa shape index (κ3) is 3.26. The Labute approximate surface area is 108 Å². The van der Waals surface area contributed by atoms with Gasteiger partial charge in [0.25, 0.3) is 0 Å². The molecule has 104 valence electrons. The van der Waals surface area contributed by atoms with E-state index in [9.17, 15) is 18.0 Å². The minimum atomic E-state index is -4.71. The standard InChI is InChI=1S/C13H14F3NO2/c14-13(15,16)11(12(18)19)8-17-6-5-9-3-1-2-4-10(9)7-17/h1-4,11H,5-8H2,(H,18,19). The normalized spacial score (nSPS) is 17.8. The lowest BCUT2D eigenvalue weighted by Crippen LogP contribution is -2.43. The second-order valence-corrected chi connectivity index (χ2v) is 4.69. The van der Waals surface area contributed by atoms with Crippen molar-refractivity contribution in [1.82, 2.24) is 4.90 Å². The van der Waals surface area contributed by atoms with E-state index in [0.717, 1.165) is 11.1 Å². The molecule has 1 aliphatic heterocycles. The number of carbonyl (C=O) groups is 1. The first-order valence-corrected chi connectivity index (χ1v) is 5.96. The van der Waals surface area contributed by atoms with Crippen LogP contribution in [-0.4, -0.2) is 35.2 Å². The summed E-state index contributed by atoms with van der Waals surface area (Å²) in [5, 5.41) is 8.69. The maximum absolute atomic E-state index is 12.6. The van der Waals surface area contributed by atoms with Crippen molar-refractivity contribution in [3.05, 3.63) is 35.4 Å². The van der Waals surface area contributed by atoms with E-state index < -0.39 is 24.6 Å². The molecule has 3 nitrogen and oxygen atoms in total. The van der Waals surface area contributed by atoms with Crippen LogP contribution in [0.2, 0.25) is 0 Å². The molecule has 0 radical (unpaired) electrons. The van der Waals surface area contributed by atoms with E-state index in [2.05, 4.69) is 0 Å². The molecular weight excluding hydrogens is 259 g/mol. The number of aliphatic carboxylic acids is 1. The van der Waals surface area contributed by atoms with Gasteiger partial charge in [-0.05, 0) is 17.5 Å². The van der Waals surface area contributed by atoms with E-state index in [1.165, 1.54) is 0 Å². The molecule has 0 fully saturated rings. The van der Waals surface area contributed by atoms with Gasteiger partial charge in [0, 0.05) is 19.6 Å². The number of hydrogen-bond acceptors (Lipinski definition) is 2. The Balaban J connectivity index is 2.07. The summed E-state index contributed by atoms with van der Waals surface area (Å²) in [6, 6.07) is 7.54. The molecule has 1 heterocycles. The maximum atomic E-state index is 12.6. The molecule has 0 bridgehead atoms. The van der Waals surface area contributed by atoms with E-state index >= 15 is 0 Å². The number of halogens is 3. The Morgan fingerprint density at radius 3 is 2.53 bits per heavy atom. The Kier molecular flexibility index (Phi) is 3.80. The highest BCUT2D eigenvalue weighted by molar-refractivity contribution is 5.71. The predicted octanol–water partition coefficient (Wildman–Crippen LogP) is 2.31. The van der Waals surface area contributed by atoms with Crippen LogP contribution in [0.15, 0.2) is 24.3 Å². The average Bonchev–Trinajstić information content (AvgIpc) is 2.34. The van der Waals surface area contributed by atoms with Crippen molar-refractivity contribution >= 4 is 5.97 Å². The number of benzene rings is 1. The van der Waals surface area contributed by atoms with Crippen LogP contribution >= 0.6 is 0 Å². The minimum Gasteiger partial charge on any atom is -0.481 e. The molecule has 0 aromatic heterocycles. The fourth-order valence-electron chi connectivity index (χ4n) is 2.29. The fourth-order valence-corrected chi connectivity index (χ4v) is 2.29. The highest BCUT2D eigenvalue weighted by Crippen LogP contribution is 2.29. The second-order valence-electron chi connectivity index (χ2n) is 4.69. The van der Waals surface area contributed by atoms with Crippen LogP contribution in [0.5, 0.6) is 0 Å². The Bertz CT molecular complexity index is 473. The molecule has 1 atom stereocenters. The van der Waals surface area contributed by atoms with Crippen LogP contribution in [0.3, 0.4) is 0 Å². The van der Waals surface area contributed by atoms with Crippen molar-refractivity contribution in [1.29, 1.82) is 0 Å². The monoisotopic (exact) mass is 273 g/mol. The summed E-state index contributed by atoms with van der Waals surface area (Å²) in [6.07, 6.45) is -4.05. The first-order chi connectivity index (χ1) is 8.88. The van der Waals surface area contributed by atoms with Gasteiger partial charge in [0.05, 0.1) is 0 Å². The average molecular weight is 273 g/mol. The van der Waals surface area contributed by atoms with Gasteiger partial charge in [0.1, 0.15) is 0 Å². The van der Waals surface area contributed by atoms with Gasteiger partial charge >= 0.3 is 12.1 Å². The van der Waals surface area contributed by atoms with Crippen molar-refractivity contribution in [3.8, 4) is 0 Å². The quantitative estimate of drug-likeness (QED) is 0.918. The topological polar surface area (TPSA) is 40.5 Å². The van der Waals surface area contributed by atoms with Crippen LogP contribution in [0.4, 0.5) is 13.2 Å². The molecule has 0 saturated heterocycles. The van der Waals surface area contributed by atoms with Gasteiger partial charge in [0.15, 0.2) is 5.92 Å². The summed E-state index contributed by atoms with van der Waals surface area (Å²) < 4.78 is 37.8. The largest absolute Gasteiger partial charge is 0.481 e. The molecule has 1 aromatic carbocycles. The number of alkyl halides is 3. The van der Waals surface area contributed by atoms with Gasteiger partial charge in [-0.3, -0.25) is 9.69 Å². The predicted molar refractivity (Wildman–Crippen MR) is 62.6 cm³/mol. The molecule has 0 aliphatic carbocycles. The van der Waals surface area contributed by atoms with E-state index in [1.807, 2.05) is 24.3 Å². The lowest BCUT2D eigenvalue weighted by molar-refractivity contribution is -0.196. The van der Waals surface area contributed by atoms with Gasteiger partial charge in [-0.2, -0.15) is 13.2 Å². The number of carboxylic acid groups (broad SMARTS) is 1. The summed E-state index contributed by atoms with van der Waals surface area (Å²) in [6.45, 7) is 0.333. The molecule has 1 aromatic rings. The summed E-state index contributed by atoms with van der Waals surface area (Å²) in [5.41, 5.74) is 2.10. The van der Waals surface area contributed by atoms with Gasteiger partial charge in [-0.15, -0.1) is 0 Å². The third-order valence-electron chi connectivity index (χ3n) is 3.34. The van der Waals surface area contributed by atoms with E-state index in [1.54, 1.807) is 4.90 Å². The zero-order valence-corrected chi connectivity index (χ0v) is 10.2. The molecule has 0 amide bonds. The summed E-state index contributed by atoms with van der Waals surface area (Å²) in [5.74, 6) is -4.14. The SMILES string of the molecule is O=C(O)C(CN1CCc2ccccc2C1)C(F)(F)F. The Hall–Kier alpha value is -1.56. The van der Waals surface area contributed by atoms with E-state index in [-0.39, 0.29) is 0 Å². The number of hydrogen-bond donors (Lipinski definition) is 1. The molecule has 1 aliphatic rings. The minimum absolute atomic E-state index is 0.371. The van der Waals surface area contributed by atoms with Crippen LogP contribution in [0.25, 0.3) is 0 Å². The van der Waals surface area contributed by atoms with Gasteiger partial charge in [-0.25, -0.2) is 0 Å². The molecular formula is C13H14F3NO2. The van der Waals surface area contributed by atoms with Gasteiger partial charge in [-0.1, -0.05) is 24.3 Å². The van der Waals surface area contributed by atoms with Crippen LogP contribution < -0.4 is 0 Å². The molecule has 19 heavy (non-hydrogen) atoms. The number of rotatable bonds is 3. The molecule has 1 unspecified atom stereocenters. The molecule has 0 saturated carbocycles. The van der Waals surface area contributed by atoms with Crippen molar-refractivity contribution in [2.75, 3.05) is 13.1 Å². The Morgan fingerprint density at radius 1 is 1.32 bits per heavy atom. The first-order valence-electron chi connectivity index (χ1n) is 5.96.